The Kier molecular flexibility index (Phi) is 1.50. The number of rotatable bonds is 1. The van der Waals surface area contributed by atoms with Gasteiger partial charge in [-0.25, -0.2) is 5.84 Å². The van der Waals surface area contributed by atoms with Crippen molar-refractivity contribution in [3.05, 3.63) is 4.77 Å². The van der Waals surface area contributed by atoms with E-state index in [9.17, 15) is 0 Å². The van der Waals surface area contributed by atoms with Gasteiger partial charge in [0, 0.05) is 7.05 Å². The van der Waals surface area contributed by atoms with Gasteiger partial charge >= 0.3 is 0 Å². The number of aromatic amines is 2. The number of anilines is 1. The number of nitrogens with zero attached hydrogens (tertiary/aromatic N) is 2. The predicted octanol–water partition coefficient (Wildman–Crippen LogP) is -0.223. The molecule has 1 aromatic heterocycles. The molecule has 0 radical (unpaired) electrons. The minimum Gasteiger partial charge on any atom is -0.282 e. The Balaban J connectivity index is 2.98. The summed E-state index contributed by atoms with van der Waals surface area (Å²) in [6.45, 7) is 0. The summed E-state index contributed by atoms with van der Waals surface area (Å²) in [4.78, 5) is 3.81. The van der Waals surface area contributed by atoms with Crippen molar-refractivity contribution in [3.8, 4) is 0 Å². The van der Waals surface area contributed by atoms with Crippen molar-refractivity contribution in [2.24, 2.45) is 5.84 Å². The Labute approximate surface area is 56.8 Å². The molecule has 0 saturated heterocycles. The normalized spacial score (nSPS) is 9.56. The number of nitrogens with one attached hydrogen (secondary N) is 2. The molecule has 5 nitrogen and oxygen atoms in total. The van der Waals surface area contributed by atoms with Crippen LogP contribution in [0.15, 0.2) is 0 Å². The third-order valence-electron chi connectivity index (χ3n) is 0.823. The Morgan fingerprint density at radius 2 is 2.33 bits per heavy atom. The molecule has 0 bridgehead atoms. The van der Waals surface area contributed by atoms with Gasteiger partial charge in [0.2, 0.25) is 10.7 Å². The van der Waals surface area contributed by atoms with Gasteiger partial charge in [-0.3, -0.25) is 15.2 Å². The zero-order valence-corrected chi connectivity index (χ0v) is 5.70. The van der Waals surface area contributed by atoms with E-state index in [0.717, 1.165) is 0 Å². The second kappa shape index (κ2) is 2.16. The second-order valence-electron chi connectivity index (χ2n) is 1.60. The van der Waals surface area contributed by atoms with Gasteiger partial charge in [0.25, 0.3) is 0 Å². The van der Waals surface area contributed by atoms with Gasteiger partial charge in [0.15, 0.2) is 0 Å². The van der Waals surface area contributed by atoms with Crippen LogP contribution in [-0.2, 0) is 0 Å². The molecule has 0 atom stereocenters. The maximum absolute atomic E-state index is 5.30. The smallest absolute Gasteiger partial charge is 0.234 e. The fraction of sp³-hybridized carbons (Fsp3) is 0.333. The number of H-pyrrole nitrogens is 2. The molecule has 0 aliphatic rings. The van der Waals surface area contributed by atoms with Crippen molar-refractivity contribution >= 4 is 18.2 Å². The SMILES string of the molecule is CN(N)c1nc(=S)[nH][nH]1. The maximum atomic E-state index is 5.30. The van der Waals surface area contributed by atoms with E-state index >= 15 is 0 Å². The van der Waals surface area contributed by atoms with Crippen LogP contribution in [0.2, 0.25) is 0 Å². The van der Waals surface area contributed by atoms with Gasteiger partial charge in [-0.2, -0.15) is 4.98 Å². The van der Waals surface area contributed by atoms with E-state index in [2.05, 4.69) is 27.4 Å². The maximum Gasteiger partial charge on any atom is 0.234 e. The first kappa shape index (κ1) is 6.24. The molecule has 0 amide bonds. The van der Waals surface area contributed by atoms with Crippen LogP contribution in [0.4, 0.5) is 5.95 Å². The summed E-state index contributed by atoms with van der Waals surface area (Å²) in [5.41, 5.74) is 0. The fourth-order valence-electron chi connectivity index (χ4n) is 0.428. The average molecular weight is 145 g/mol. The number of hydrogen-bond donors (Lipinski definition) is 3. The van der Waals surface area contributed by atoms with Crippen molar-refractivity contribution in [2.75, 3.05) is 12.1 Å². The molecular weight excluding hydrogens is 138 g/mol. The lowest BCUT2D eigenvalue weighted by Gasteiger charge is -2.03. The van der Waals surface area contributed by atoms with Crippen LogP contribution in [-0.4, -0.2) is 22.2 Å². The minimum atomic E-state index is 0.405. The molecule has 0 aliphatic heterocycles. The van der Waals surface area contributed by atoms with Gasteiger partial charge in [-0.05, 0) is 12.2 Å². The van der Waals surface area contributed by atoms with Crippen LogP contribution in [0, 0.1) is 4.77 Å². The topological polar surface area (TPSA) is 73.7 Å². The molecule has 6 heteroatoms. The molecule has 9 heavy (non-hydrogen) atoms. The Morgan fingerprint density at radius 1 is 1.67 bits per heavy atom. The van der Waals surface area contributed by atoms with Crippen molar-refractivity contribution < 1.29 is 0 Å². The molecule has 0 fully saturated rings. The van der Waals surface area contributed by atoms with Crippen LogP contribution >= 0.6 is 12.2 Å². The zero-order valence-electron chi connectivity index (χ0n) is 4.88. The van der Waals surface area contributed by atoms with E-state index < -0.39 is 0 Å². The lowest BCUT2D eigenvalue weighted by molar-refractivity contribution is 0.934. The molecule has 0 spiro atoms. The molecule has 0 saturated carbocycles. The van der Waals surface area contributed by atoms with Crippen LogP contribution in [0.5, 0.6) is 0 Å². The van der Waals surface area contributed by atoms with Crippen LogP contribution in [0.3, 0.4) is 0 Å². The van der Waals surface area contributed by atoms with Crippen LogP contribution in [0.1, 0.15) is 0 Å². The quantitative estimate of drug-likeness (QED) is 0.290. The molecule has 1 heterocycles. The van der Waals surface area contributed by atoms with Gasteiger partial charge in [0.1, 0.15) is 0 Å². The fourth-order valence-corrected chi connectivity index (χ4v) is 0.566. The molecule has 1 aromatic rings. The third-order valence-corrected chi connectivity index (χ3v) is 1.02. The first-order valence-corrected chi connectivity index (χ1v) is 2.74. The Bertz CT molecular complexity index is 234. The first-order valence-electron chi connectivity index (χ1n) is 2.33. The van der Waals surface area contributed by atoms with Crippen LogP contribution in [0.25, 0.3) is 0 Å². The highest BCUT2D eigenvalue weighted by molar-refractivity contribution is 7.71. The molecule has 0 aromatic carbocycles. The standard InChI is InChI=1S/C3H7N5S/c1-8(4)2-5-3(9)7-6-2/h4H2,1H3,(H2,5,6,7,9). The van der Waals surface area contributed by atoms with Gasteiger partial charge in [-0.1, -0.05) is 0 Å². The van der Waals surface area contributed by atoms with Crippen molar-refractivity contribution in [1.82, 2.24) is 15.2 Å². The summed E-state index contributed by atoms with van der Waals surface area (Å²) >= 11 is 4.67. The third kappa shape index (κ3) is 1.27. The van der Waals surface area contributed by atoms with Gasteiger partial charge in [0.05, 0.1) is 0 Å². The Morgan fingerprint density at radius 3 is 2.56 bits per heavy atom. The second-order valence-corrected chi connectivity index (χ2v) is 1.99. The van der Waals surface area contributed by atoms with Crippen molar-refractivity contribution in [1.29, 1.82) is 0 Å². The molecule has 0 unspecified atom stereocenters. The van der Waals surface area contributed by atoms with Crippen molar-refractivity contribution in [2.45, 2.75) is 0 Å². The van der Waals surface area contributed by atoms with E-state index in [-0.39, 0.29) is 0 Å². The highest BCUT2D eigenvalue weighted by Crippen LogP contribution is 1.94. The number of aromatic nitrogens is 3. The number of nitrogens with two attached hydrogens (primary N) is 1. The molecular formula is C3H7N5S. The number of hydrogen-bond acceptors (Lipinski definition) is 4. The monoisotopic (exact) mass is 145 g/mol. The number of hydrazine groups is 1. The van der Waals surface area contributed by atoms with Crippen LogP contribution < -0.4 is 10.9 Å². The van der Waals surface area contributed by atoms with E-state index in [1.165, 1.54) is 5.01 Å². The predicted molar refractivity (Wildman–Crippen MR) is 36.4 cm³/mol. The molecule has 0 aliphatic carbocycles. The molecule has 50 valence electrons. The summed E-state index contributed by atoms with van der Waals surface area (Å²) in [6, 6.07) is 0. The summed E-state index contributed by atoms with van der Waals surface area (Å²) in [6.07, 6.45) is 0. The van der Waals surface area contributed by atoms with E-state index in [0.29, 0.717) is 10.7 Å². The van der Waals surface area contributed by atoms with Gasteiger partial charge < -0.3 is 0 Å². The zero-order chi connectivity index (χ0) is 6.85. The average Bonchev–Trinajstić information content (AvgIpc) is 2.14. The lowest BCUT2D eigenvalue weighted by atomic mass is 11.0. The van der Waals surface area contributed by atoms with E-state index in [1.54, 1.807) is 7.05 Å². The summed E-state index contributed by atoms with van der Waals surface area (Å²) in [5, 5.41) is 6.61. The summed E-state index contributed by atoms with van der Waals surface area (Å²) in [5.74, 6) is 5.83. The molecule has 4 N–H and O–H groups in total. The summed E-state index contributed by atoms with van der Waals surface area (Å²) in [7, 11) is 1.67. The van der Waals surface area contributed by atoms with E-state index in [4.69, 9.17) is 5.84 Å². The minimum absolute atomic E-state index is 0.405. The lowest BCUT2D eigenvalue weighted by Crippen LogP contribution is -2.26. The largest absolute Gasteiger partial charge is 0.282 e. The van der Waals surface area contributed by atoms with Crippen molar-refractivity contribution in [3.63, 3.8) is 0 Å². The van der Waals surface area contributed by atoms with E-state index in [1.807, 2.05) is 0 Å². The highest BCUT2D eigenvalue weighted by atomic mass is 32.1. The summed E-state index contributed by atoms with van der Waals surface area (Å²) < 4.78 is 0.405. The Hall–Kier alpha value is -0.880. The first-order chi connectivity index (χ1) is 4.20. The van der Waals surface area contributed by atoms with Gasteiger partial charge in [-0.15, -0.1) is 0 Å². The highest BCUT2D eigenvalue weighted by Gasteiger charge is 1.95. The molecule has 1 rings (SSSR count).